The molecule has 96 valence electrons. The van der Waals surface area contributed by atoms with E-state index in [0.29, 0.717) is 11.8 Å². The van der Waals surface area contributed by atoms with Crippen LogP contribution >= 0.6 is 0 Å². The molecular formula is C15H26N2. The molecule has 0 heterocycles. The van der Waals surface area contributed by atoms with Gasteiger partial charge in [0.05, 0.1) is 5.54 Å². The lowest BCUT2D eigenvalue weighted by Crippen LogP contribution is -2.41. The Morgan fingerprint density at radius 1 is 1.47 bits per heavy atom. The average Bonchev–Trinajstić information content (AvgIpc) is 2.53. The van der Waals surface area contributed by atoms with E-state index >= 15 is 0 Å². The van der Waals surface area contributed by atoms with Gasteiger partial charge in [-0.3, -0.25) is 4.99 Å². The number of aliphatic imine (C=N–C) groups is 1. The van der Waals surface area contributed by atoms with Crippen LogP contribution in [-0.2, 0) is 0 Å². The summed E-state index contributed by atoms with van der Waals surface area (Å²) in [6, 6.07) is 0. The Hall–Kier alpha value is -0.810. The van der Waals surface area contributed by atoms with Crippen LogP contribution in [0.4, 0.5) is 0 Å². The molecular weight excluding hydrogens is 208 g/mol. The first kappa shape index (κ1) is 14.3. The minimum absolute atomic E-state index is 0.300. The molecule has 0 amide bonds. The van der Waals surface area contributed by atoms with Crippen LogP contribution in [0.2, 0.25) is 0 Å². The first-order chi connectivity index (χ1) is 7.97. The molecule has 17 heavy (non-hydrogen) atoms. The van der Waals surface area contributed by atoms with Crippen molar-refractivity contribution in [2.24, 2.45) is 22.6 Å². The summed E-state index contributed by atoms with van der Waals surface area (Å²) >= 11 is 0. The van der Waals surface area contributed by atoms with Gasteiger partial charge in [-0.15, -0.1) is 0 Å². The third-order valence-electron chi connectivity index (χ3n) is 3.79. The first-order valence-corrected chi connectivity index (χ1v) is 6.79. The van der Waals surface area contributed by atoms with Gasteiger partial charge in [-0.2, -0.15) is 0 Å². The summed E-state index contributed by atoms with van der Waals surface area (Å²) in [5, 5.41) is 0. The van der Waals surface area contributed by atoms with Gasteiger partial charge in [0, 0.05) is 18.2 Å². The number of nitrogens with zero attached hydrogens (tertiary/aromatic N) is 1. The van der Waals surface area contributed by atoms with Crippen LogP contribution < -0.4 is 5.73 Å². The van der Waals surface area contributed by atoms with Crippen molar-refractivity contribution >= 4 is 5.71 Å². The number of hydrogen-bond donors (Lipinski definition) is 1. The van der Waals surface area contributed by atoms with Gasteiger partial charge >= 0.3 is 0 Å². The summed E-state index contributed by atoms with van der Waals surface area (Å²) in [5.41, 5.74) is 7.08. The van der Waals surface area contributed by atoms with E-state index in [1.807, 2.05) is 6.92 Å². The molecule has 1 aliphatic carbocycles. The van der Waals surface area contributed by atoms with Crippen LogP contribution in [0.3, 0.4) is 0 Å². The summed E-state index contributed by atoms with van der Waals surface area (Å²) in [7, 11) is 0. The fourth-order valence-electron chi connectivity index (χ4n) is 2.13. The lowest BCUT2D eigenvalue weighted by molar-refractivity contribution is 0.331. The molecule has 0 saturated heterocycles. The van der Waals surface area contributed by atoms with Gasteiger partial charge in [0.25, 0.3) is 0 Å². The summed E-state index contributed by atoms with van der Waals surface area (Å²) in [6.45, 7) is 9.46. The largest absolute Gasteiger partial charge is 0.315 e. The van der Waals surface area contributed by atoms with E-state index in [1.54, 1.807) is 0 Å². The van der Waals surface area contributed by atoms with E-state index in [2.05, 4.69) is 37.6 Å². The van der Waals surface area contributed by atoms with Crippen molar-refractivity contribution in [1.29, 1.82) is 0 Å². The molecule has 1 aliphatic rings. The molecule has 2 heteroatoms. The highest BCUT2D eigenvalue weighted by Gasteiger charge is 2.34. The predicted molar refractivity (Wildman–Crippen MR) is 75.1 cm³/mol. The zero-order valence-electron chi connectivity index (χ0n) is 11.7. The third-order valence-corrected chi connectivity index (χ3v) is 3.79. The van der Waals surface area contributed by atoms with E-state index in [1.165, 1.54) is 18.6 Å². The molecule has 0 aromatic heterocycles. The van der Waals surface area contributed by atoms with Crippen molar-refractivity contribution < 1.29 is 0 Å². The van der Waals surface area contributed by atoms with Crippen molar-refractivity contribution in [3.63, 3.8) is 0 Å². The summed E-state index contributed by atoms with van der Waals surface area (Å²) in [4.78, 5) is 4.62. The second kappa shape index (κ2) is 6.21. The van der Waals surface area contributed by atoms with Crippen molar-refractivity contribution in [3.05, 3.63) is 0 Å². The van der Waals surface area contributed by atoms with Crippen LogP contribution in [0.15, 0.2) is 4.99 Å². The highest BCUT2D eigenvalue weighted by Crippen LogP contribution is 2.29. The van der Waals surface area contributed by atoms with Gasteiger partial charge < -0.3 is 5.73 Å². The van der Waals surface area contributed by atoms with Gasteiger partial charge in [0.15, 0.2) is 0 Å². The lowest BCUT2D eigenvalue weighted by Gasteiger charge is -2.25. The Labute approximate surface area is 106 Å². The minimum atomic E-state index is -0.300. The molecule has 0 aromatic rings. The second-order valence-electron chi connectivity index (χ2n) is 5.46. The maximum absolute atomic E-state index is 6.10. The van der Waals surface area contributed by atoms with Crippen LogP contribution in [0, 0.1) is 23.7 Å². The second-order valence-corrected chi connectivity index (χ2v) is 5.46. The number of hydrogen-bond acceptors (Lipinski definition) is 2. The minimum Gasteiger partial charge on any atom is -0.315 e. The zero-order valence-corrected chi connectivity index (χ0v) is 11.7. The Morgan fingerprint density at radius 2 is 2.18 bits per heavy atom. The molecule has 0 saturated carbocycles. The van der Waals surface area contributed by atoms with Crippen molar-refractivity contribution in [2.75, 3.05) is 6.54 Å². The fourth-order valence-corrected chi connectivity index (χ4v) is 2.13. The maximum Gasteiger partial charge on any atom is 0.0785 e. The van der Waals surface area contributed by atoms with E-state index in [-0.39, 0.29) is 5.54 Å². The maximum atomic E-state index is 6.10. The number of nitrogens with two attached hydrogens (primary N) is 1. The molecule has 3 atom stereocenters. The molecule has 0 aliphatic heterocycles. The van der Waals surface area contributed by atoms with Gasteiger partial charge in [-0.05, 0) is 39.0 Å². The Bertz CT molecular complexity index is 331. The Kier molecular flexibility index (Phi) is 5.21. The highest BCUT2D eigenvalue weighted by molar-refractivity contribution is 5.81. The summed E-state index contributed by atoms with van der Waals surface area (Å²) in [6.07, 6.45) is 4.67. The van der Waals surface area contributed by atoms with E-state index in [0.717, 1.165) is 19.4 Å². The van der Waals surface area contributed by atoms with Crippen LogP contribution in [0.5, 0.6) is 0 Å². The van der Waals surface area contributed by atoms with Crippen LogP contribution in [0.25, 0.3) is 0 Å². The quantitative estimate of drug-likeness (QED) is 0.557. The summed E-state index contributed by atoms with van der Waals surface area (Å²) in [5.74, 6) is 7.27. The topological polar surface area (TPSA) is 38.4 Å². The van der Waals surface area contributed by atoms with Gasteiger partial charge in [-0.25, -0.2) is 0 Å². The first-order valence-electron chi connectivity index (χ1n) is 6.79. The molecule has 2 nitrogen and oxygen atoms in total. The van der Waals surface area contributed by atoms with E-state index in [4.69, 9.17) is 5.73 Å². The Morgan fingerprint density at radius 3 is 2.71 bits per heavy atom. The molecule has 0 bridgehead atoms. The molecule has 2 unspecified atom stereocenters. The predicted octanol–water partition coefficient (Wildman–Crippen LogP) is 3.01. The normalized spacial score (nSPS) is 32.4. The lowest BCUT2D eigenvalue weighted by atomic mass is 9.83. The van der Waals surface area contributed by atoms with E-state index in [9.17, 15) is 0 Å². The molecule has 0 aromatic carbocycles. The van der Waals surface area contributed by atoms with Gasteiger partial charge in [0.2, 0.25) is 0 Å². The monoisotopic (exact) mass is 234 g/mol. The standard InChI is InChI=1S/C15H26N2/c1-5-6-7-12(2)17-11-9-14-8-10-15(4,16)13(14)3/h13-14H,5-7,9,11,16H2,1-4H3/b17-12-/t13?,14?,15-/m0/s1. The smallest absolute Gasteiger partial charge is 0.0785 e. The van der Waals surface area contributed by atoms with Gasteiger partial charge in [0.1, 0.15) is 0 Å². The van der Waals surface area contributed by atoms with Crippen LogP contribution in [-0.4, -0.2) is 17.8 Å². The molecule has 0 radical (unpaired) electrons. The van der Waals surface area contributed by atoms with Crippen LogP contribution in [0.1, 0.15) is 53.4 Å². The SMILES string of the molecule is CCCC/C(C)=N\CCC1C#C[C@](C)(N)C1C. The highest BCUT2D eigenvalue weighted by atomic mass is 14.8. The number of rotatable bonds is 6. The van der Waals surface area contributed by atoms with E-state index < -0.39 is 0 Å². The molecule has 0 fully saturated rings. The zero-order chi connectivity index (χ0) is 12.9. The third kappa shape index (κ3) is 4.16. The number of unbranched alkanes of at least 4 members (excludes halogenated alkanes) is 1. The Balaban J connectivity index is 2.32. The van der Waals surface area contributed by atoms with Gasteiger partial charge in [-0.1, -0.05) is 32.1 Å². The fraction of sp³-hybridized carbons (Fsp3) is 0.800. The van der Waals surface area contributed by atoms with Crippen molar-refractivity contribution in [3.8, 4) is 11.8 Å². The van der Waals surface area contributed by atoms with Crippen molar-refractivity contribution in [2.45, 2.75) is 58.9 Å². The average molecular weight is 234 g/mol. The molecule has 2 N–H and O–H groups in total. The summed E-state index contributed by atoms with van der Waals surface area (Å²) < 4.78 is 0. The molecule has 0 spiro atoms. The van der Waals surface area contributed by atoms with Crippen molar-refractivity contribution in [1.82, 2.24) is 0 Å². The molecule has 1 rings (SSSR count).